The third-order valence-electron chi connectivity index (χ3n) is 2.02. The van der Waals surface area contributed by atoms with Crippen LogP contribution in [0.2, 0.25) is 0 Å². The van der Waals surface area contributed by atoms with Crippen LogP contribution in [0.3, 0.4) is 0 Å². The van der Waals surface area contributed by atoms with Crippen LogP contribution in [0.4, 0.5) is 11.4 Å². The van der Waals surface area contributed by atoms with Crippen LogP contribution in [0.25, 0.3) is 0 Å². The van der Waals surface area contributed by atoms with E-state index in [-0.39, 0.29) is 18.2 Å². The molecule has 0 saturated carbocycles. The van der Waals surface area contributed by atoms with Gasteiger partial charge in [0.25, 0.3) is 0 Å². The van der Waals surface area contributed by atoms with E-state index >= 15 is 0 Å². The predicted octanol–water partition coefficient (Wildman–Crippen LogP) is 1.79. The largest absolute Gasteiger partial charge is 0.396 e. The van der Waals surface area contributed by atoms with E-state index < -0.39 is 4.92 Å². The molecule has 0 aromatic carbocycles. The summed E-state index contributed by atoms with van der Waals surface area (Å²) in [7, 11) is 0. The lowest BCUT2D eigenvalue weighted by molar-refractivity contribution is -0.384. The van der Waals surface area contributed by atoms with Gasteiger partial charge < -0.3 is 10.4 Å². The monoisotopic (exact) mass is 289 g/mol. The van der Waals surface area contributed by atoms with E-state index in [4.69, 9.17) is 5.11 Å². The first kappa shape index (κ1) is 12.9. The van der Waals surface area contributed by atoms with Gasteiger partial charge in [0.2, 0.25) is 0 Å². The summed E-state index contributed by atoms with van der Waals surface area (Å²) in [6.45, 7) is 2.33. The fraction of sp³-hybridized carbons (Fsp3) is 0.444. The second kappa shape index (κ2) is 5.76. The number of nitrogens with zero attached hydrogens (tertiary/aromatic N) is 2. The number of aliphatic hydroxyl groups excluding tert-OH is 1. The third-order valence-corrected chi connectivity index (χ3v) is 2.62. The van der Waals surface area contributed by atoms with Crippen LogP contribution < -0.4 is 5.32 Å². The summed E-state index contributed by atoms with van der Waals surface area (Å²) in [5.74, 6) is 0.0275. The lowest BCUT2D eigenvalue weighted by Gasteiger charge is -2.11. The molecular formula is C9H12BrN3O3. The maximum absolute atomic E-state index is 10.7. The van der Waals surface area contributed by atoms with Crippen molar-refractivity contribution in [2.45, 2.75) is 6.92 Å². The Labute approximate surface area is 101 Å². The Bertz CT molecular complexity index is 386. The fourth-order valence-electron chi connectivity index (χ4n) is 1.08. The molecule has 0 bridgehead atoms. The Hall–Kier alpha value is -1.21. The van der Waals surface area contributed by atoms with Gasteiger partial charge in [0.15, 0.2) is 0 Å². The normalized spacial score (nSPS) is 12.2. The zero-order chi connectivity index (χ0) is 12.1. The number of anilines is 1. The first-order valence-electron chi connectivity index (χ1n) is 4.69. The number of nitro groups is 1. The average Bonchev–Trinajstić information content (AvgIpc) is 2.26. The van der Waals surface area contributed by atoms with Crippen molar-refractivity contribution in [1.29, 1.82) is 0 Å². The molecule has 1 rings (SSSR count). The van der Waals surface area contributed by atoms with Gasteiger partial charge in [-0.05, 0) is 21.8 Å². The van der Waals surface area contributed by atoms with Crippen molar-refractivity contribution in [1.82, 2.24) is 4.98 Å². The number of aliphatic hydroxyl groups is 1. The van der Waals surface area contributed by atoms with E-state index in [0.29, 0.717) is 16.7 Å². The van der Waals surface area contributed by atoms with Gasteiger partial charge >= 0.3 is 5.69 Å². The summed E-state index contributed by atoms with van der Waals surface area (Å²) in [4.78, 5) is 14.0. The zero-order valence-electron chi connectivity index (χ0n) is 8.68. The van der Waals surface area contributed by atoms with Crippen molar-refractivity contribution in [2.24, 2.45) is 5.92 Å². The molecule has 1 aromatic rings. The van der Waals surface area contributed by atoms with Crippen LogP contribution in [0.1, 0.15) is 6.92 Å². The topological polar surface area (TPSA) is 88.3 Å². The Morgan fingerprint density at radius 3 is 2.94 bits per heavy atom. The van der Waals surface area contributed by atoms with Gasteiger partial charge in [-0.1, -0.05) is 6.92 Å². The smallest absolute Gasteiger partial charge is 0.311 e. The van der Waals surface area contributed by atoms with Crippen molar-refractivity contribution < 1.29 is 10.0 Å². The predicted molar refractivity (Wildman–Crippen MR) is 63.3 cm³/mol. The molecule has 0 spiro atoms. The highest BCUT2D eigenvalue weighted by atomic mass is 79.9. The molecule has 1 aromatic heterocycles. The highest BCUT2D eigenvalue weighted by molar-refractivity contribution is 9.10. The number of pyridine rings is 1. The molecule has 6 nitrogen and oxygen atoms in total. The Morgan fingerprint density at radius 1 is 1.69 bits per heavy atom. The number of aromatic nitrogens is 1. The van der Waals surface area contributed by atoms with Gasteiger partial charge in [-0.2, -0.15) is 0 Å². The molecule has 0 amide bonds. The molecule has 1 atom stereocenters. The molecule has 1 unspecified atom stereocenters. The van der Waals surface area contributed by atoms with Crippen molar-refractivity contribution in [2.75, 3.05) is 18.5 Å². The van der Waals surface area contributed by atoms with Crippen LogP contribution in [0.5, 0.6) is 0 Å². The van der Waals surface area contributed by atoms with E-state index in [2.05, 4.69) is 26.2 Å². The first-order valence-corrected chi connectivity index (χ1v) is 5.48. The highest BCUT2D eigenvalue weighted by Crippen LogP contribution is 2.30. The SMILES string of the molecule is CC(CO)CNc1c(Br)cncc1[N+](=O)[O-]. The molecule has 0 aliphatic carbocycles. The maximum Gasteiger partial charge on any atom is 0.311 e. The Balaban J connectivity index is 2.88. The maximum atomic E-state index is 10.7. The molecule has 2 N–H and O–H groups in total. The molecule has 0 aliphatic heterocycles. The molecule has 0 saturated heterocycles. The standard InChI is InChI=1S/C9H12BrN3O3/c1-6(5-14)2-12-9-7(10)3-11-4-8(9)13(15)16/h3-4,6,14H,2,5H2,1H3,(H,11,12). The van der Waals surface area contributed by atoms with Crippen LogP contribution in [-0.2, 0) is 0 Å². The molecule has 0 fully saturated rings. The van der Waals surface area contributed by atoms with Gasteiger partial charge in [-0.15, -0.1) is 0 Å². The van der Waals surface area contributed by atoms with Crippen molar-refractivity contribution >= 4 is 27.3 Å². The summed E-state index contributed by atoms with van der Waals surface area (Å²) in [5, 5.41) is 22.5. The molecular weight excluding hydrogens is 278 g/mol. The summed E-state index contributed by atoms with van der Waals surface area (Å²) < 4.78 is 0.534. The van der Waals surface area contributed by atoms with E-state index in [1.807, 2.05) is 6.92 Å². The van der Waals surface area contributed by atoms with Crippen molar-refractivity contribution in [3.63, 3.8) is 0 Å². The van der Waals surface area contributed by atoms with Gasteiger partial charge in [0.05, 0.1) is 9.40 Å². The second-order valence-corrected chi connectivity index (χ2v) is 4.30. The summed E-state index contributed by atoms with van der Waals surface area (Å²) in [5.41, 5.74) is 0.305. The molecule has 0 aliphatic rings. The van der Waals surface area contributed by atoms with Gasteiger partial charge in [0, 0.05) is 19.3 Å². The van der Waals surface area contributed by atoms with Crippen LogP contribution in [-0.4, -0.2) is 28.2 Å². The Morgan fingerprint density at radius 2 is 2.38 bits per heavy atom. The average molecular weight is 290 g/mol. The molecule has 7 heteroatoms. The number of hydrogen-bond acceptors (Lipinski definition) is 5. The van der Waals surface area contributed by atoms with Gasteiger partial charge in [-0.25, -0.2) is 0 Å². The summed E-state index contributed by atoms with van der Waals surface area (Å²) >= 11 is 3.20. The molecule has 16 heavy (non-hydrogen) atoms. The molecule has 1 heterocycles. The van der Waals surface area contributed by atoms with Crippen LogP contribution in [0, 0.1) is 16.0 Å². The van der Waals surface area contributed by atoms with Gasteiger partial charge in [0.1, 0.15) is 11.9 Å². The summed E-state index contributed by atoms with van der Waals surface area (Å²) in [6, 6.07) is 0. The fourth-order valence-corrected chi connectivity index (χ4v) is 1.54. The third kappa shape index (κ3) is 3.14. The lowest BCUT2D eigenvalue weighted by atomic mass is 10.2. The minimum atomic E-state index is -0.496. The van der Waals surface area contributed by atoms with E-state index in [1.165, 1.54) is 12.4 Å². The number of rotatable bonds is 5. The summed E-state index contributed by atoms with van der Waals surface area (Å²) in [6.07, 6.45) is 2.68. The number of nitrogens with one attached hydrogen (secondary N) is 1. The van der Waals surface area contributed by atoms with E-state index in [1.54, 1.807) is 0 Å². The molecule has 0 radical (unpaired) electrons. The highest BCUT2D eigenvalue weighted by Gasteiger charge is 2.17. The Kier molecular flexibility index (Phi) is 4.63. The van der Waals surface area contributed by atoms with E-state index in [0.717, 1.165) is 0 Å². The van der Waals surface area contributed by atoms with Crippen molar-refractivity contribution in [3.8, 4) is 0 Å². The number of hydrogen-bond donors (Lipinski definition) is 2. The minimum absolute atomic E-state index is 0.0275. The first-order chi connectivity index (χ1) is 7.56. The van der Waals surface area contributed by atoms with Crippen molar-refractivity contribution in [3.05, 3.63) is 27.0 Å². The quantitative estimate of drug-likeness (QED) is 0.637. The van der Waals surface area contributed by atoms with Gasteiger partial charge in [-0.3, -0.25) is 15.1 Å². The second-order valence-electron chi connectivity index (χ2n) is 3.44. The van der Waals surface area contributed by atoms with Crippen LogP contribution in [0.15, 0.2) is 16.9 Å². The lowest BCUT2D eigenvalue weighted by Crippen LogP contribution is -2.15. The molecule has 88 valence electrons. The zero-order valence-corrected chi connectivity index (χ0v) is 10.3. The van der Waals surface area contributed by atoms with E-state index in [9.17, 15) is 10.1 Å². The van der Waals surface area contributed by atoms with Crippen LogP contribution >= 0.6 is 15.9 Å². The minimum Gasteiger partial charge on any atom is -0.396 e. The number of halogens is 1.